The molecule has 3 heterocycles. The predicted octanol–water partition coefficient (Wildman–Crippen LogP) is 2.41. The van der Waals surface area contributed by atoms with Crippen LogP contribution in [-0.4, -0.2) is 67.1 Å². The molecule has 2 aliphatic heterocycles. The fraction of sp³-hybridized carbons (Fsp3) is 0.409. The number of carbonyl (C=O) groups excluding carboxylic acids is 2. The Balaban J connectivity index is 1.32. The van der Waals surface area contributed by atoms with E-state index in [9.17, 15) is 9.59 Å². The smallest absolute Gasteiger partial charge is 0.255 e. The number of aromatic nitrogens is 1. The number of ketones is 1. The fourth-order valence-electron chi connectivity index (χ4n) is 3.61. The second-order valence-electron chi connectivity index (χ2n) is 7.37. The molecule has 2 saturated heterocycles. The van der Waals surface area contributed by atoms with Crippen LogP contribution in [0.4, 0.5) is 5.69 Å². The summed E-state index contributed by atoms with van der Waals surface area (Å²) in [4.78, 5) is 32.6. The first-order valence-electron chi connectivity index (χ1n) is 9.96. The van der Waals surface area contributed by atoms with Crippen LogP contribution >= 0.6 is 0 Å². The molecule has 2 aromatic rings. The SMILES string of the molecule is CC(=O)c1ccc(N2CCN(C(=O)c3ccc(O[C@@H]4CCOC4)nc3)CC2)cc1. The van der Waals surface area contributed by atoms with Gasteiger partial charge in [0.1, 0.15) is 6.10 Å². The second kappa shape index (κ2) is 8.61. The van der Waals surface area contributed by atoms with E-state index in [2.05, 4.69) is 9.88 Å². The lowest BCUT2D eigenvalue weighted by atomic mass is 10.1. The summed E-state index contributed by atoms with van der Waals surface area (Å²) in [7, 11) is 0. The summed E-state index contributed by atoms with van der Waals surface area (Å²) in [5.41, 5.74) is 2.35. The molecule has 0 N–H and O–H groups in total. The van der Waals surface area contributed by atoms with E-state index in [4.69, 9.17) is 9.47 Å². The molecule has 0 spiro atoms. The van der Waals surface area contributed by atoms with Gasteiger partial charge >= 0.3 is 0 Å². The first-order chi connectivity index (χ1) is 14.1. The lowest BCUT2D eigenvalue weighted by molar-refractivity contribution is 0.0746. The van der Waals surface area contributed by atoms with E-state index in [0.29, 0.717) is 43.3 Å². The van der Waals surface area contributed by atoms with E-state index in [1.807, 2.05) is 29.2 Å². The zero-order chi connectivity index (χ0) is 20.2. The van der Waals surface area contributed by atoms with E-state index >= 15 is 0 Å². The van der Waals surface area contributed by atoms with Gasteiger partial charge in [-0.1, -0.05) is 0 Å². The molecule has 0 aliphatic carbocycles. The van der Waals surface area contributed by atoms with Crippen molar-refractivity contribution in [3.8, 4) is 5.88 Å². The normalized spacial score (nSPS) is 19.3. The number of amides is 1. The molecule has 152 valence electrons. The summed E-state index contributed by atoms with van der Waals surface area (Å²) < 4.78 is 11.0. The Kier molecular flexibility index (Phi) is 5.76. The molecule has 2 fully saturated rings. The van der Waals surface area contributed by atoms with Crippen molar-refractivity contribution in [1.82, 2.24) is 9.88 Å². The minimum Gasteiger partial charge on any atom is -0.472 e. The third kappa shape index (κ3) is 4.56. The van der Waals surface area contributed by atoms with Crippen LogP contribution in [-0.2, 0) is 4.74 Å². The van der Waals surface area contributed by atoms with Gasteiger partial charge in [0, 0.05) is 56.1 Å². The van der Waals surface area contributed by atoms with Crippen molar-refractivity contribution in [2.45, 2.75) is 19.4 Å². The summed E-state index contributed by atoms with van der Waals surface area (Å²) in [6, 6.07) is 11.1. The Morgan fingerprint density at radius 2 is 1.76 bits per heavy atom. The van der Waals surface area contributed by atoms with Crippen LogP contribution in [0.1, 0.15) is 34.1 Å². The lowest BCUT2D eigenvalue weighted by Gasteiger charge is -2.36. The Morgan fingerprint density at radius 1 is 1.03 bits per heavy atom. The molecular formula is C22H25N3O4. The van der Waals surface area contributed by atoms with Crippen LogP contribution in [0.15, 0.2) is 42.6 Å². The Hall–Kier alpha value is -2.93. The van der Waals surface area contributed by atoms with E-state index in [-0.39, 0.29) is 17.8 Å². The van der Waals surface area contributed by atoms with Gasteiger partial charge in [-0.3, -0.25) is 9.59 Å². The summed E-state index contributed by atoms with van der Waals surface area (Å²) in [5, 5.41) is 0. The second-order valence-corrected chi connectivity index (χ2v) is 7.37. The van der Waals surface area contributed by atoms with Gasteiger partial charge in [-0.05, 0) is 37.3 Å². The van der Waals surface area contributed by atoms with Crippen molar-refractivity contribution in [2.24, 2.45) is 0 Å². The number of rotatable bonds is 5. The molecule has 0 radical (unpaired) electrons. The molecule has 2 aliphatic rings. The number of pyridine rings is 1. The highest BCUT2D eigenvalue weighted by Crippen LogP contribution is 2.19. The summed E-state index contributed by atoms with van der Waals surface area (Å²) in [6.07, 6.45) is 2.49. The highest BCUT2D eigenvalue weighted by Gasteiger charge is 2.23. The first-order valence-corrected chi connectivity index (χ1v) is 9.96. The van der Waals surface area contributed by atoms with Crippen molar-refractivity contribution in [1.29, 1.82) is 0 Å². The van der Waals surface area contributed by atoms with Crippen LogP contribution in [0.25, 0.3) is 0 Å². The van der Waals surface area contributed by atoms with Crippen LogP contribution in [0.3, 0.4) is 0 Å². The highest BCUT2D eigenvalue weighted by molar-refractivity contribution is 5.95. The molecule has 7 heteroatoms. The maximum absolute atomic E-state index is 12.8. The van der Waals surface area contributed by atoms with E-state index in [0.717, 1.165) is 25.2 Å². The van der Waals surface area contributed by atoms with Gasteiger partial charge < -0.3 is 19.3 Å². The zero-order valence-corrected chi connectivity index (χ0v) is 16.5. The monoisotopic (exact) mass is 395 g/mol. The number of Topliss-reactive ketones (excluding diaryl/α,β-unsaturated/α-hetero) is 1. The molecular weight excluding hydrogens is 370 g/mol. The molecule has 0 saturated carbocycles. The standard InChI is InChI=1S/C22H25N3O4/c1-16(26)17-2-5-19(6-3-17)24-9-11-25(12-10-24)22(27)18-4-7-21(23-14-18)29-20-8-13-28-15-20/h2-7,14,20H,8-13,15H2,1H3/t20-/m1/s1. The van der Waals surface area contributed by atoms with Crippen molar-refractivity contribution < 1.29 is 19.1 Å². The minimum atomic E-state index is -0.0140. The van der Waals surface area contributed by atoms with Crippen LogP contribution in [0, 0.1) is 0 Å². The average Bonchev–Trinajstić information content (AvgIpc) is 3.27. The first kappa shape index (κ1) is 19.4. The van der Waals surface area contributed by atoms with E-state index in [1.54, 1.807) is 25.3 Å². The van der Waals surface area contributed by atoms with Crippen molar-refractivity contribution in [2.75, 3.05) is 44.3 Å². The molecule has 1 aromatic carbocycles. The molecule has 4 rings (SSSR count). The van der Waals surface area contributed by atoms with Gasteiger partial charge in [0.05, 0.1) is 18.8 Å². The van der Waals surface area contributed by atoms with Gasteiger partial charge in [-0.2, -0.15) is 0 Å². The largest absolute Gasteiger partial charge is 0.472 e. The number of carbonyl (C=O) groups is 2. The highest BCUT2D eigenvalue weighted by atomic mass is 16.5. The zero-order valence-electron chi connectivity index (χ0n) is 16.5. The van der Waals surface area contributed by atoms with Crippen LogP contribution in [0.2, 0.25) is 0 Å². The fourth-order valence-corrected chi connectivity index (χ4v) is 3.61. The number of nitrogens with zero attached hydrogens (tertiary/aromatic N) is 3. The summed E-state index contributed by atoms with van der Waals surface area (Å²) in [6.45, 7) is 5.66. The molecule has 1 aromatic heterocycles. The maximum Gasteiger partial charge on any atom is 0.255 e. The average molecular weight is 395 g/mol. The number of hydrogen-bond acceptors (Lipinski definition) is 6. The van der Waals surface area contributed by atoms with Gasteiger partial charge in [0.2, 0.25) is 5.88 Å². The third-order valence-electron chi connectivity index (χ3n) is 5.36. The van der Waals surface area contributed by atoms with Crippen molar-refractivity contribution in [3.63, 3.8) is 0 Å². The van der Waals surface area contributed by atoms with Crippen LogP contribution in [0.5, 0.6) is 5.88 Å². The van der Waals surface area contributed by atoms with Crippen LogP contribution < -0.4 is 9.64 Å². The lowest BCUT2D eigenvalue weighted by Crippen LogP contribution is -2.48. The Labute approximate surface area is 170 Å². The summed E-state index contributed by atoms with van der Waals surface area (Å²) >= 11 is 0. The quantitative estimate of drug-likeness (QED) is 0.724. The molecule has 7 nitrogen and oxygen atoms in total. The number of hydrogen-bond donors (Lipinski definition) is 0. The Bertz CT molecular complexity index is 853. The third-order valence-corrected chi connectivity index (χ3v) is 5.36. The van der Waals surface area contributed by atoms with Gasteiger partial charge in [-0.25, -0.2) is 4.98 Å². The molecule has 29 heavy (non-hydrogen) atoms. The van der Waals surface area contributed by atoms with Gasteiger partial charge in [0.15, 0.2) is 5.78 Å². The molecule has 1 atom stereocenters. The van der Waals surface area contributed by atoms with Gasteiger partial charge in [-0.15, -0.1) is 0 Å². The predicted molar refractivity (Wildman–Crippen MR) is 109 cm³/mol. The molecule has 0 bridgehead atoms. The summed E-state index contributed by atoms with van der Waals surface area (Å²) in [5.74, 6) is 0.573. The minimum absolute atomic E-state index is 0.0140. The number of anilines is 1. The van der Waals surface area contributed by atoms with Crippen molar-refractivity contribution in [3.05, 3.63) is 53.7 Å². The number of piperazine rings is 1. The molecule has 1 amide bonds. The number of benzene rings is 1. The topological polar surface area (TPSA) is 72.0 Å². The van der Waals surface area contributed by atoms with Crippen molar-refractivity contribution >= 4 is 17.4 Å². The number of ether oxygens (including phenoxy) is 2. The maximum atomic E-state index is 12.8. The van der Waals surface area contributed by atoms with E-state index < -0.39 is 0 Å². The van der Waals surface area contributed by atoms with Gasteiger partial charge in [0.25, 0.3) is 5.91 Å². The Morgan fingerprint density at radius 3 is 2.34 bits per heavy atom. The van der Waals surface area contributed by atoms with E-state index in [1.165, 1.54) is 0 Å². The molecule has 0 unspecified atom stereocenters.